The summed E-state index contributed by atoms with van der Waals surface area (Å²) in [5, 5.41) is 9.53. The van der Waals surface area contributed by atoms with Crippen molar-refractivity contribution in [3.05, 3.63) is 48.6 Å². The minimum absolute atomic E-state index is 0.0561. The number of nitrogens with zero attached hydrogens (tertiary/aromatic N) is 1. The standard InChI is InChI=1S/C16H17NO4/c1-4-10-16(14(18)20-2,15(19)21-3)13(11-17)12-8-6-5-7-9-12/h4-9,13H,1,10H2,2-3H3. The SMILES string of the molecule is C=CCC(C(=O)OC)(C(=O)OC)C(C#N)c1ccccc1. The average Bonchev–Trinajstić information content (AvgIpc) is 2.54. The van der Waals surface area contributed by atoms with Crippen LogP contribution in [0.1, 0.15) is 17.9 Å². The van der Waals surface area contributed by atoms with E-state index in [1.54, 1.807) is 30.3 Å². The Morgan fingerprint density at radius 2 is 1.81 bits per heavy atom. The molecule has 0 aliphatic carbocycles. The topological polar surface area (TPSA) is 76.4 Å². The van der Waals surface area contributed by atoms with E-state index in [1.807, 2.05) is 6.07 Å². The van der Waals surface area contributed by atoms with E-state index in [4.69, 9.17) is 9.47 Å². The summed E-state index contributed by atoms with van der Waals surface area (Å²) in [7, 11) is 2.34. The molecule has 5 nitrogen and oxygen atoms in total. The molecule has 5 heteroatoms. The van der Waals surface area contributed by atoms with Crippen LogP contribution in [-0.4, -0.2) is 26.2 Å². The lowest BCUT2D eigenvalue weighted by atomic mass is 9.70. The fourth-order valence-electron chi connectivity index (χ4n) is 2.31. The first-order valence-corrected chi connectivity index (χ1v) is 6.30. The summed E-state index contributed by atoms with van der Waals surface area (Å²) in [6.07, 6.45) is 1.35. The minimum Gasteiger partial charge on any atom is -0.468 e. The average molecular weight is 287 g/mol. The van der Waals surface area contributed by atoms with E-state index in [9.17, 15) is 14.9 Å². The second kappa shape index (κ2) is 7.25. The predicted molar refractivity (Wildman–Crippen MR) is 76.1 cm³/mol. The first kappa shape index (κ1) is 16.4. The van der Waals surface area contributed by atoms with Crippen molar-refractivity contribution in [2.24, 2.45) is 5.41 Å². The number of carbonyl (C=O) groups excluding carboxylic acids is 2. The van der Waals surface area contributed by atoms with Gasteiger partial charge in [-0.05, 0) is 12.0 Å². The monoisotopic (exact) mass is 287 g/mol. The van der Waals surface area contributed by atoms with Crippen molar-refractivity contribution in [2.45, 2.75) is 12.3 Å². The molecular weight excluding hydrogens is 270 g/mol. The summed E-state index contributed by atoms with van der Waals surface area (Å²) in [5.74, 6) is -2.66. The lowest BCUT2D eigenvalue weighted by molar-refractivity contribution is -0.169. The zero-order chi connectivity index (χ0) is 15.9. The highest BCUT2D eigenvalue weighted by molar-refractivity contribution is 6.02. The molecule has 0 bridgehead atoms. The van der Waals surface area contributed by atoms with Crippen LogP contribution in [0.4, 0.5) is 0 Å². The summed E-state index contributed by atoms with van der Waals surface area (Å²) < 4.78 is 9.51. The van der Waals surface area contributed by atoms with Gasteiger partial charge in [-0.25, -0.2) is 0 Å². The van der Waals surface area contributed by atoms with Crippen LogP contribution in [0.3, 0.4) is 0 Å². The van der Waals surface area contributed by atoms with E-state index in [1.165, 1.54) is 20.3 Å². The Morgan fingerprint density at radius 3 is 2.19 bits per heavy atom. The van der Waals surface area contributed by atoms with Crippen molar-refractivity contribution in [2.75, 3.05) is 14.2 Å². The summed E-state index contributed by atoms with van der Waals surface area (Å²) >= 11 is 0. The number of rotatable bonds is 6. The Bertz CT molecular complexity index is 543. The van der Waals surface area contributed by atoms with Crippen LogP contribution in [-0.2, 0) is 19.1 Å². The third-order valence-corrected chi connectivity index (χ3v) is 3.32. The minimum atomic E-state index is -1.76. The fourth-order valence-corrected chi connectivity index (χ4v) is 2.31. The molecule has 0 saturated carbocycles. The van der Waals surface area contributed by atoms with Gasteiger partial charge in [0.2, 0.25) is 0 Å². The maximum Gasteiger partial charge on any atom is 0.325 e. The van der Waals surface area contributed by atoms with Crippen LogP contribution >= 0.6 is 0 Å². The molecule has 0 amide bonds. The van der Waals surface area contributed by atoms with Crippen molar-refractivity contribution in [1.82, 2.24) is 0 Å². The number of allylic oxidation sites excluding steroid dienone is 1. The third-order valence-electron chi connectivity index (χ3n) is 3.32. The Morgan fingerprint density at radius 1 is 1.29 bits per heavy atom. The van der Waals surface area contributed by atoms with Gasteiger partial charge in [-0.15, -0.1) is 6.58 Å². The molecule has 0 N–H and O–H groups in total. The number of hydrogen-bond donors (Lipinski definition) is 0. The molecule has 0 aliphatic heterocycles. The Hall–Kier alpha value is -2.61. The van der Waals surface area contributed by atoms with E-state index < -0.39 is 23.3 Å². The molecule has 0 heterocycles. The van der Waals surface area contributed by atoms with Gasteiger partial charge in [-0.1, -0.05) is 36.4 Å². The van der Waals surface area contributed by atoms with E-state index in [-0.39, 0.29) is 6.42 Å². The first-order chi connectivity index (χ1) is 10.1. The molecule has 1 aromatic carbocycles. The van der Waals surface area contributed by atoms with E-state index in [0.29, 0.717) is 5.56 Å². The molecule has 1 unspecified atom stereocenters. The molecular formula is C16H17NO4. The number of esters is 2. The number of carbonyl (C=O) groups is 2. The van der Waals surface area contributed by atoms with Crippen LogP contribution in [0.15, 0.2) is 43.0 Å². The lowest BCUT2D eigenvalue weighted by Gasteiger charge is -2.31. The largest absolute Gasteiger partial charge is 0.468 e. The molecule has 1 aromatic rings. The van der Waals surface area contributed by atoms with Crippen molar-refractivity contribution >= 4 is 11.9 Å². The molecule has 0 radical (unpaired) electrons. The smallest absolute Gasteiger partial charge is 0.325 e. The number of ether oxygens (including phenoxy) is 2. The maximum absolute atomic E-state index is 12.3. The van der Waals surface area contributed by atoms with E-state index in [0.717, 1.165) is 0 Å². The van der Waals surface area contributed by atoms with Crippen molar-refractivity contribution in [3.8, 4) is 6.07 Å². The van der Waals surface area contributed by atoms with Gasteiger partial charge in [0, 0.05) is 0 Å². The predicted octanol–water partition coefficient (Wildman–Crippen LogP) is 2.20. The van der Waals surface area contributed by atoms with Crippen LogP contribution in [0.5, 0.6) is 0 Å². The van der Waals surface area contributed by atoms with Crippen LogP contribution in [0.2, 0.25) is 0 Å². The highest BCUT2D eigenvalue weighted by Crippen LogP contribution is 2.41. The summed E-state index contributed by atoms with van der Waals surface area (Å²) in [5.41, 5.74) is -1.22. The second-order valence-corrected chi connectivity index (χ2v) is 4.42. The van der Waals surface area contributed by atoms with Gasteiger partial charge in [0.25, 0.3) is 0 Å². The van der Waals surface area contributed by atoms with Crippen molar-refractivity contribution in [3.63, 3.8) is 0 Å². The van der Waals surface area contributed by atoms with Gasteiger partial charge >= 0.3 is 11.9 Å². The number of nitriles is 1. The first-order valence-electron chi connectivity index (χ1n) is 6.30. The molecule has 0 spiro atoms. The van der Waals surface area contributed by atoms with Gasteiger partial charge < -0.3 is 9.47 Å². The molecule has 110 valence electrons. The molecule has 0 aromatic heterocycles. The third kappa shape index (κ3) is 2.95. The van der Waals surface area contributed by atoms with Gasteiger partial charge in [0.05, 0.1) is 26.2 Å². The molecule has 0 fully saturated rings. The summed E-state index contributed by atoms with van der Waals surface area (Å²) in [4.78, 5) is 24.6. The fraction of sp³-hybridized carbons (Fsp3) is 0.312. The molecule has 1 rings (SSSR count). The Kier molecular flexibility index (Phi) is 5.67. The molecule has 0 aliphatic rings. The lowest BCUT2D eigenvalue weighted by Crippen LogP contribution is -2.45. The van der Waals surface area contributed by atoms with Crippen molar-refractivity contribution in [1.29, 1.82) is 5.26 Å². The number of hydrogen-bond acceptors (Lipinski definition) is 5. The quantitative estimate of drug-likeness (QED) is 0.455. The number of benzene rings is 1. The molecule has 1 atom stereocenters. The Labute approximate surface area is 123 Å². The van der Waals surface area contributed by atoms with Crippen LogP contribution < -0.4 is 0 Å². The molecule has 0 saturated heterocycles. The zero-order valence-electron chi connectivity index (χ0n) is 12.0. The van der Waals surface area contributed by atoms with Gasteiger partial charge in [0.1, 0.15) is 0 Å². The van der Waals surface area contributed by atoms with Crippen LogP contribution in [0, 0.1) is 16.7 Å². The van der Waals surface area contributed by atoms with Crippen LogP contribution in [0.25, 0.3) is 0 Å². The molecule has 21 heavy (non-hydrogen) atoms. The van der Waals surface area contributed by atoms with Gasteiger partial charge in [0.15, 0.2) is 5.41 Å². The van der Waals surface area contributed by atoms with E-state index >= 15 is 0 Å². The maximum atomic E-state index is 12.3. The normalized spacial score (nSPS) is 11.9. The Balaban J connectivity index is 3.52. The van der Waals surface area contributed by atoms with Gasteiger partial charge in [-0.2, -0.15) is 5.26 Å². The summed E-state index contributed by atoms with van der Waals surface area (Å²) in [6, 6.07) is 10.6. The number of methoxy groups -OCH3 is 2. The second-order valence-electron chi connectivity index (χ2n) is 4.42. The van der Waals surface area contributed by atoms with Gasteiger partial charge in [-0.3, -0.25) is 9.59 Å². The van der Waals surface area contributed by atoms with Crippen molar-refractivity contribution < 1.29 is 19.1 Å². The zero-order valence-corrected chi connectivity index (χ0v) is 12.0. The van der Waals surface area contributed by atoms with E-state index in [2.05, 4.69) is 6.58 Å². The highest BCUT2D eigenvalue weighted by atomic mass is 16.5. The summed E-state index contributed by atoms with van der Waals surface area (Å²) in [6.45, 7) is 3.56. The highest BCUT2D eigenvalue weighted by Gasteiger charge is 2.54.